The number of rotatable bonds is 1. The van der Waals surface area contributed by atoms with Crippen LogP contribution in [0.3, 0.4) is 0 Å². The van der Waals surface area contributed by atoms with Crippen molar-refractivity contribution in [2.75, 3.05) is 5.73 Å². The van der Waals surface area contributed by atoms with E-state index in [9.17, 15) is 4.39 Å². The number of hydrogen-bond donors (Lipinski definition) is 1. The average molecular weight is 270 g/mol. The number of aryl methyl sites for hydroxylation is 1. The Balaban J connectivity index is 2.64. The van der Waals surface area contributed by atoms with E-state index in [2.05, 4.69) is 15.9 Å². The maximum atomic E-state index is 13.6. The minimum absolute atomic E-state index is 0.336. The summed E-state index contributed by atoms with van der Waals surface area (Å²) in [6, 6.07) is 4.69. The Labute approximate surface area is 95.0 Å². The zero-order valence-electron chi connectivity index (χ0n) is 8.05. The van der Waals surface area contributed by atoms with E-state index in [-0.39, 0.29) is 5.82 Å². The molecule has 15 heavy (non-hydrogen) atoms. The summed E-state index contributed by atoms with van der Waals surface area (Å²) in [6.45, 7) is 1.76. The summed E-state index contributed by atoms with van der Waals surface area (Å²) in [5, 5.41) is 0. The van der Waals surface area contributed by atoms with Crippen molar-refractivity contribution >= 4 is 21.6 Å². The van der Waals surface area contributed by atoms with Crippen LogP contribution < -0.4 is 5.73 Å². The first-order chi connectivity index (χ1) is 7.09. The summed E-state index contributed by atoms with van der Waals surface area (Å²) in [4.78, 5) is 0. The third-order valence-electron chi connectivity index (χ3n) is 2.22. The molecule has 0 amide bonds. The Bertz CT molecular complexity index is 507. The SMILES string of the molecule is Cc1cc(F)c(-c2occc2Br)cc1N. The number of anilines is 1. The van der Waals surface area contributed by atoms with Crippen molar-refractivity contribution in [3.05, 3.63) is 40.3 Å². The van der Waals surface area contributed by atoms with E-state index in [4.69, 9.17) is 10.2 Å². The van der Waals surface area contributed by atoms with Gasteiger partial charge < -0.3 is 10.2 Å². The molecule has 0 saturated carbocycles. The normalized spacial score (nSPS) is 10.6. The number of nitrogen functional groups attached to an aromatic ring is 1. The number of hydrogen-bond acceptors (Lipinski definition) is 2. The smallest absolute Gasteiger partial charge is 0.151 e. The fourth-order valence-electron chi connectivity index (χ4n) is 1.35. The van der Waals surface area contributed by atoms with E-state index in [0.29, 0.717) is 21.5 Å². The summed E-state index contributed by atoms with van der Waals surface area (Å²) in [5.41, 5.74) is 7.36. The van der Waals surface area contributed by atoms with Crippen LogP contribution in [0, 0.1) is 12.7 Å². The third kappa shape index (κ3) is 1.77. The van der Waals surface area contributed by atoms with Crippen LogP contribution in [0.4, 0.5) is 10.1 Å². The van der Waals surface area contributed by atoms with Gasteiger partial charge in [-0.25, -0.2) is 4.39 Å². The molecule has 0 aliphatic heterocycles. The Hall–Kier alpha value is -1.29. The van der Waals surface area contributed by atoms with Gasteiger partial charge in [0.2, 0.25) is 0 Å². The van der Waals surface area contributed by atoms with Crippen molar-refractivity contribution in [3.63, 3.8) is 0 Å². The molecule has 0 bridgehead atoms. The van der Waals surface area contributed by atoms with E-state index in [0.717, 1.165) is 5.56 Å². The molecular weight excluding hydrogens is 261 g/mol. The first-order valence-corrected chi connectivity index (χ1v) is 5.18. The van der Waals surface area contributed by atoms with Crippen molar-refractivity contribution in [3.8, 4) is 11.3 Å². The summed E-state index contributed by atoms with van der Waals surface area (Å²) in [7, 11) is 0. The lowest BCUT2D eigenvalue weighted by Gasteiger charge is -2.05. The number of nitrogens with two attached hydrogens (primary N) is 1. The Morgan fingerprint density at radius 1 is 1.40 bits per heavy atom. The highest BCUT2D eigenvalue weighted by Gasteiger charge is 2.13. The van der Waals surface area contributed by atoms with Crippen molar-refractivity contribution in [1.29, 1.82) is 0 Å². The van der Waals surface area contributed by atoms with Gasteiger partial charge >= 0.3 is 0 Å². The predicted octanol–water partition coefficient (Wildman–Crippen LogP) is 3.74. The van der Waals surface area contributed by atoms with Crippen LogP contribution in [-0.2, 0) is 0 Å². The Kier molecular flexibility index (Phi) is 2.52. The molecule has 0 saturated heterocycles. The first-order valence-electron chi connectivity index (χ1n) is 4.38. The van der Waals surface area contributed by atoms with Gasteiger partial charge in [0, 0.05) is 5.69 Å². The van der Waals surface area contributed by atoms with Crippen molar-refractivity contribution in [2.24, 2.45) is 0 Å². The molecule has 1 aromatic heterocycles. The van der Waals surface area contributed by atoms with Gasteiger partial charge in [0.15, 0.2) is 5.76 Å². The molecular formula is C11H9BrFNO. The van der Waals surface area contributed by atoms with E-state index in [1.807, 2.05) is 0 Å². The van der Waals surface area contributed by atoms with Crippen LogP contribution in [0.5, 0.6) is 0 Å². The van der Waals surface area contributed by atoms with Crippen molar-refractivity contribution in [2.45, 2.75) is 6.92 Å². The van der Waals surface area contributed by atoms with Gasteiger partial charge in [-0.1, -0.05) is 0 Å². The predicted molar refractivity (Wildman–Crippen MR) is 61.0 cm³/mol. The molecule has 0 spiro atoms. The highest BCUT2D eigenvalue weighted by molar-refractivity contribution is 9.10. The van der Waals surface area contributed by atoms with Crippen LogP contribution in [0.15, 0.2) is 33.4 Å². The fourth-order valence-corrected chi connectivity index (χ4v) is 1.76. The van der Waals surface area contributed by atoms with Crippen LogP contribution >= 0.6 is 15.9 Å². The molecule has 0 aliphatic rings. The second-order valence-electron chi connectivity index (χ2n) is 3.29. The van der Waals surface area contributed by atoms with E-state index >= 15 is 0 Å². The fraction of sp³-hybridized carbons (Fsp3) is 0.0909. The maximum Gasteiger partial charge on any atom is 0.151 e. The molecule has 78 valence electrons. The summed E-state index contributed by atoms with van der Waals surface area (Å²) >= 11 is 3.28. The molecule has 2 nitrogen and oxygen atoms in total. The second kappa shape index (κ2) is 3.70. The minimum atomic E-state index is -0.336. The van der Waals surface area contributed by atoms with E-state index in [1.165, 1.54) is 12.3 Å². The highest BCUT2D eigenvalue weighted by atomic mass is 79.9. The van der Waals surface area contributed by atoms with Gasteiger partial charge in [-0.2, -0.15) is 0 Å². The lowest BCUT2D eigenvalue weighted by atomic mass is 10.1. The number of furan rings is 1. The van der Waals surface area contributed by atoms with Crippen molar-refractivity contribution < 1.29 is 8.81 Å². The van der Waals surface area contributed by atoms with Gasteiger partial charge in [-0.15, -0.1) is 0 Å². The number of benzene rings is 1. The molecule has 0 atom stereocenters. The lowest BCUT2D eigenvalue weighted by molar-refractivity contribution is 0.568. The van der Waals surface area contributed by atoms with Crippen LogP contribution in [0.25, 0.3) is 11.3 Å². The quantitative estimate of drug-likeness (QED) is 0.802. The van der Waals surface area contributed by atoms with Crippen LogP contribution in [0.2, 0.25) is 0 Å². The molecule has 2 N–H and O–H groups in total. The molecule has 2 rings (SSSR count). The second-order valence-corrected chi connectivity index (χ2v) is 4.14. The maximum absolute atomic E-state index is 13.6. The van der Waals surface area contributed by atoms with Gasteiger partial charge in [0.25, 0.3) is 0 Å². The topological polar surface area (TPSA) is 39.2 Å². The summed E-state index contributed by atoms with van der Waals surface area (Å²) in [6.07, 6.45) is 1.49. The molecule has 0 aliphatic carbocycles. The standard InChI is InChI=1S/C11H9BrFNO/c1-6-4-9(13)7(5-10(6)14)11-8(12)2-3-15-11/h2-5H,14H2,1H3. The van der Waals surface area contributed by atoms with Gasteiger partial charge in [0.1, 0.15) is 5.82 Å². The molecule has 4 heteroatoms. The largest absolute Gasteiger partial charge is 0.463 e. The van der Waals surface area contributed by atoms with Crippen LogP contribution in [0.1, 0.15) is 5.56 Å². The van der Waals surface area contributed by atoms with Crippen LogP contribution in [-0.4, -0.2) is 0 Å². The molecule has 2 aromatic rings. The molecule has 0 fully saturated rings. The Morgan fingerprint density at radius 3 is 2.73 bits per heavy atom. The van der Waals surface area contributed by atoms with E-state index in [1.54, 1.807) is 19.1 Å². The zero-order chi connectivity index (χ0) is 11.0. The lowest BCUT2D eigenvalue weighted by Crippen LogP contribution is -1.93. The third-order valence-corrected chi connectivity index (χ3v) is 2.84. The molecule has 1 heterocycles. The Morgan fingerprint density at radius 2 is 2.13 bits per heavy atom. The monoisotopic (exact) mass is 269 g/mol. The summed E-state index contributed by atoms with van der Waals surface area (Å²) in [5.74, 6) is 0.122. The molecule has 1 aromatic carbocycles. The van der Waals surface area contributed by atoms with Gasteiger partial charge in [0.05, 0.1) is 16.3 Å². The van der Waals surface area contributed by atoms with E-state index < -0.39 is 0 Å². The van der Waals surface area contributed by atoms with Crippen molar-refractivity contribution in [1.82, 2.24) is 0 Å². The zero-order valence-corrected chi connectivity index (χ0v) is 9.64. The number of halogens is 2. The highest BCUT2D eigenvalue weighted by Crippen LogP contribution is 2.33. The molecule has 0 radical (unpaired) electrons. The first kappa shape index (κ1) is 10.2. The molecule has 0 unspecified atom stereocenters. The van der Waals surface area contributed by atoms with Gasteiger partial charge in [-0.05, 0) is 46.6 Å². The minimum Gasteiger partial charge on any atom is -0.463 e. The van der Waals surface area contributed by atoms with Gasteiger partial charge in [-0.3, -0.25) is 0 Å². The summed E-state index contributed by atoms with van der Waals surface area (Å²) < 4.78 is 19.5. The average Bonchev–Trinajstić information content (AvgIpc) is 2.58.